The van der Waals surface area contributed by atoms with Gasteiger partial charge in [-0.1, -0.05) is 0 Å². The SMILES string of the molecule is CCOc1ccc(OCC)c2n[nH]nc12. The van der Waals surface area contributed by atoms with E-state index in [4.69, 9.17) is 9.47 Å². The minimum Gasteiger partial charge on any atom is -0.491 e. The summed E-state index contributed by atoms with van der Waals surface area (Å²) in [6.07, 6.45) is 0. The Morgan fingerprint density at radius 3 is 1.87 bits per heavy atom. The van der Waals surface area contributed by atoms with Gasteiger partial charge in [0.15, 0.2) is 11.0 Å². The van der Waals surface area contributed by atoms with Gasteiger partial charge in [-0.2, -0.15) is 15.4 Å². The fourth-order valence-electron chi connectivity index (χ4n) is 1.43. The van der Waals surface area contributed by atoms with Gasteiger partial charge in [0.05, 0.1) is 13.2 Å². The Hall–Kier alpha value is -1.78. The molecule has 80 valence electrons. The lowest BCUT2D eigenvalue weighted by molar-refractivity contribution is 0.336. The highest BCUT2D eigenvalue weighted by Crippen LogP contribution is 2.29. The number of benzene rings is 1. The minimum absolute atomic E-state index is 0.607. The Bertz CT molecular complexity index is 413. The van der Waals surface area contributed by atoms with Crippen LogP contribution in [0.2, 0.25) is 0 Å². The number of aromatic amines is 1. The van der Waals surface area contributed by atoms with Crippen LogP contribution in [0.3, 0.4) is 0 Å². The summed E-state index contributed by atoms with van der Waals surface area (Å²) in [4.78, 5) is 0. The number of fused-ring (bicyclic) bond motifs is 1. The van der Waals surface area contributed by atoms with Crippen LogP contribution < -0.4 is 9.47 Å². The van der Waals surface area contributed by atoms with E-state index in [1.807, 2.05) is 26.0 Å². The van der Waals surface area contributed by atoms with E-state index in [0.717, 1.165) is 11.5 Å². The number of hydrogen-bond donors (Lipinski definition) is 1. The van der Waals surface area contributed by atoms with Crippen LogP contribution in [0.15, 0.2) is 12.1 Å². The molecule has 0 radical (unpaired) electrons. The number of ether oxygens (including phenoxy) is 2. The van der Waals surface area contributed by atoms with Crippen LogP contribution in [0.5, 0.6) is 11.5 Å². The first-order chi connectivity index (χ1) is 7.36. The predicted octanol–water partition coefficient (Wildman–Crippen LogP) is 1.76. The molecule has 0 fully saturated rings. The van der Waals surface area contributed by atoms with E-state index in [0.29, 0.717) is 24.2 Å². The fourth-order valence-corrected chi connectivity index (χ4v) is 1.43. The van der Waals surface area contributed by atoms with Gasteiger partial charge in [-0.25, -0.2) is 0 Å². The maximum atomic E-state index is 5.43. The molecule has 0 saturated heterocycles. The number of H-pyrrole nitrogens is 1. The molecule has 0 bridgehead atoms. The Labute approximate surface area is 87.4 Å². The third kappa shape index (κ3) is 1.72. The Kier molecular flexibility index (Phi) is 2.71. The maximum Gasteiger partial charge on any atom is 0.158 e. The fraction of sp³-hybridized carbons (Fsp3) is 0.400. The molecule has 0 aliphatic rings. The van der Waals surface area contributed by atoms with Gasteiger partial charge >= 0.3 is 0 Å². The molecule has 0 atom stereocenters. The summed E-state index contributed by atoms with van der Waals surface area (Å²) < 4.78 is 10.9. The molecule has 0 spiro atoms. The molecular weight excluding hydrogens is 194 g/mol. The maximum absolute atomic E-state index is 5.43. The Morgan fingerprint density at radius 2 is 1.47 bits per heavy atom. The molecule has 1 aromatic carbocycles. The van der Waals surface area contributed by atoms with Crippen LogP contribution in [-0.4, -0.2) is 28.6 Å². The average molecular weight is 207 g/mol. The van der Waals surface area contributed by atoms with Gasteiger partial charge in [-0.05, 0) is 26.0 Å². The van der Waals surface area contributed by atoms with Crippen molar-refractivity contribution in [2.45, 2.75) is 13.8 Å². The first-order valence-electron chi connectivity index (χ1n) is 4.95. The van der Waals surface area contributed by atoms with E-state index in [-0.39, 0.29) is 0 Å². The average Bonchev–Trinajstić information content (AvgIpc) is 2.71. The molecule has 0 aliphatic heterocycles. The third-order valence-electron chi connectivity index (χ3n) is 2.00. The van der Waals surface area contributed by atoms with Gasteiger partial charge in [0.1, 0.15) is 11.5 Å². The summed E-state index contributed by atoms with van der Waals surface area (Å²) >= 11 is 0. The van der Waals surface area contributed by atoms with Gasteiger partial charge in [0, 0.05) is 0 Å². The van der Waals surface area contributed by atoms with Crippen molar-refractivity contribution < 1.29 is 9.47 Å². The van der Waals surface area contributed by atoms with Crippen LogP contribution in [0.4, 0.5) is 0 Å². The van der Waals surface area contributed by atoms with Gasteiger partial charge in [0.2, 0.25) is 0 Å². The molecule has 1 aromatic heterocycles. The van der Waals surface area contributed by atoms with E-state index in [1.54, 1.807) is 0 Å². The summed E-state index contributed by atoms with van der Waals surface area (Å²) in [7, 11) is 0. The van der Waals surface area contributed by atoms with Crippen LogP contribution in [0, 0.1) is 0 Å². The molecule has 2 rings (SSSR count). The van der Waals surface area contributed by atoms with Crippen LogP contribution in [0.1, 0.15) is 13.8 Å². The molecule has 1 N–H and O–H groups in total. The lowest BCUT2D eigenvalue weighted by atomic mass is 10.2. The zero-order chi connectivity index (χ0) is 10.7. The van der Waals surface area contributed by atoms with Gasteiger partial charge in [0.25, 0.3) is 0 Å². The highest BCUT2D eigenvalue weighted by molar-refractivity contribution is 5.86. The van der Waals surface area contributed by atoms with E-state index < -0.39 is 0 Å². The van der Waals surface area contributed by atoms with Crippen molar-refractivity contribution >= 4 is 11.0 Å². The molecule has 5 heteroatoms. The third-order valence-corrected chi connectivity index (χ3v) is 2.00. The minimum atomic E-state index is 0.607. The molecule has 5 nitrogen and oxygen atoms in total. The summed E-state index contributed by atoms with van der Waals surface area (Å²) in [5.41, 5.74) is 1.42. The van der Waals surface area contributed by atoms with Gasteiger partial charge < -0.3 is 9.47 Å². The predicted molar refractivity (Wildman–Crippen MR) is 56.2 cm³/mol. The second-order valence-electron chi connectivity index (χ2n) is 2.95. The number of nitrogens with zero attached hydrogens (tertiary/aromatic N) is 2. The topological polar surface area (TPSA) is 60.0 Å². The van der Waals surface area contributed by atoms with Crippen molar-refractivity contribution in [3.63, 3.8) is 0 Å². The van der Waals surface area contributed by atoms with Gasteiger partial charge in [-0.15, -0.1) is 0 Å². The molecule has 0 amide bonds. The number of aromatic nitrogens is 3. The summed E-state index contributed by atoms with van der Waals surface area (Å²) in [5, 5.41) is 10.7. The molecule has 0 aliphatic carbocycles. The smallest absolute Gasteiger partial charge is 0.158 e. The first kappa shape index (κ1) is 9.76. The van der Waals surface area contributed by atoms with Crippen molar-refractivity contribution in [1.82, 2.24) is 15.4 Å². The zero-order valence-corrected chi connectivity index (χ0v) is 8.78. The van der Waals surface area contributed by atoms with Crippen molar-refractivity contribution in [2.75, 3.05) is 13.2 Å². The summed E-state index contributed by atoms with van der Waals surface area (Å²) in [5.74, 6) is 1.45. The standard InChI is InChI=1S/C10H13N3O2/c1-3-14-7-5-6-8(15-4-2)10-9(7)11-13-12-10/h5-6H,3-4H2,1-2H3,(H,11,12,13). The highest BCUT2D eigenvalue weighted by atomic mass is 16.5. The Morgan fingerprint density at radius 1 is 1.00 bits per heavy atom. The van der Waals surface area contributed by atoms with E-state index in [1.165, 1.54) is 0 Å². The Balaban J connectivity index is 2.50. The van der Waals surface area contributed by atoms with Crippen molar-refractivity contribution in [3.05, 3.63) is 12.1 Å². The van der Waals surface area contributed by atoms with Crippen molar-refractivity contribution in [2.24, 2.45) is 0 Å². The summed E-state index contributed by atoms with van der Waals surface area (Å²) in [6, 6.07) is 3.69. The number of rotatable bonds is 4. The van der Waals surface area contributed by atoms with Crippen molar-refractivity contribution in [1.29, 1.82) is 0 Å². The number of hydrogen-bond acceptors (Lipinski definition) is 4. The molecule has 15 heavy (non-hydrogen) atoms. The van der Waals surface area contributed by atoms with E-state index >= 15 is 0 Å². The second-order valence-corrected chi connectivity index (χ2v) is 2.95. The molecule has 0 unspecified atom stereocenters. The lowest BCUT2D eigenvalue weighted by Gasteiger charge is -2.06. The highest BCUT2D eigenvalue weighted by Gasteiger charge is 2.11. The van der Waals surface area contributed by atoms with E-state index in [9.17, 15) is 0 Å². The molecular formula is C10H13N3O2. The number of nitrogens with one attached hydrogen (secondary N) is 1. The molecule has 2 aromatic rings. The first-order valence-corrected chi connectivity index (χ1v) is 4.95. The largest absolute Gasteiger partial charge is 0.491 e. The second kappa shape index (κ2) is 4.16. The monoisotopic (exact) mass is 207 g/mol. The van der Waals surface area contributed by atoms with Crippen LogP contribution in [0.25, 0.3) is 11.0 Å². The summed E-state index contributed by atoms with van der Waals surface area (Å²) in [6.45, 7) is 5.08. The molecule has 1 heterocycles. The van der Waals surface area contributed by atoms with Crippen LogP contribution in [-0.2, 0) is 0 Å². The van der Waals surface area contributed by atoms with Crippen LogP contribution >= 0.6 is 0 Å². The zero-order valence-electron chi connectivity index (χ0n) is 8.78. The normalized spacial score (nSPS) is 10.5. The quantitative estimate of drug-likeness (QED) is 0.829. The molecule has 0 saturated carbocycles. The van der Waals surface area contributed by atoms with Crippen molar-refractivity contribution in [3.8, 4) is 11.5 Å². The van der Waals surface area contributed by atoms with Gasteiger partial charge in [-0.3, -0.25) is 0 Å². The lowest BCUT2D eigenvalue weighted by Crippen LogP contribution is -1.95. The van der Waals surface area contributed by atoms with E-state index in [2.05, 4.69) is 15.4 Å².